The third-order valence-electron chi connectivity index (χ3n) is 2.67. The van der Waals surface area contributed by atoms with E-state index in [2.05, 4.69) is 4.98 Å². The summed E-state index contributed by atoms with van der Waals surface area (Å²) in [5.74, 6) is -0.415. The molecule has 0 radical (unpaired) electrons. The molecule has 0 saturated carbocycles. The number of carbonyl (C=O) groups is 1. The molecule has 8 heteroatoms. The number of nitrogens with zero attached hydrogens (tertiary/aromatic N) is 3. The van der Waals surface area contributed by atoms with Crippen molar-refractivity contribution in [3.63, 3.8) is 0 Å². The summed E-state index contributed by atoms with van der Waals surface area (Å²) in [6.45, 7) is 0. The summed E-state index contributed by atoms with van der Waals surface area (Å²) < 4.78 is 2.31. The molecule has 2 aromatic rings. The maximum atomic E-state index is 12.1. The summed E-state index contributed by atoms with van der Waals surface area (Å²) in [5.41, 5.74) is 4.51. The molecule has 19 heavy (non-hydrogen) atoms. The summed E-state index contributed by atoms with van der Waals surface area (Å²) in [4.78, 5) is 39.4. The van der Waals surface area contributed by atoms with E-state index in [1.807, 2.05) is 0 Å². The molecule has 0 aromatic carbocycles. The summed E-state index contributed by atoms with van der Waals surface area (Å²) >= 11 is 1.15. The second-order valence-electron chi connectivity index (χ2n) is 3.97. The minimum atomic E-state index is -0.475. The van der Waals surface area contributed by atoms with E-state index in [1.54, 1.807) is 13.1 Å². The number of pyridine rings is 1. The van der Waals surface area contributed by atoms with Gasteiger partial charge in [-0.1, -0.05) is 0 Å². The molecule has 2 rings (SSSR count). The molecule has 0 bridgehead atoms. The van der Waals surface area contributed by atoms with Crippen LogP contribution in [0.5, 0.6) is 0 Å². The second-order valence-corrected chi connectivity index (χ2v) is 4.99. The number of carbonyl (C=O) groups excluding carboxylic acids is 1. The van der Waals surface area contributed by atoms with Crippen LogP contribution in [-0.4, -0.2) is 25.8 Å². The highest BCUT2D eigenvalue weighted by Crippen LogP contribution is 2.22. The highest BCUT2D eigenvalue weighted by molar-refractivity contribution is 8.00. The van der Waals surface area contributed by atoms with Crippen molar-refractivity contribution in [2.24, 2.45) is 19.8 Å². The van der Waals surface area contributed by atoms with E-state index in [0.29, 0.717) is 15.9 Å². The molecule has 1 amide bonds. The minimum Gasteiger partial charge on any atom is -0.369 e. The maximum Gasteiger partial charge on any atom is 0.332 e. The highest BCUT2D eigenvalue weighted by atomic mass is 32.2. The minimum absolute atomic E-state index is 0.0606. The van der Waals surface area contributed by atoms with Gasteiger partial charge >= 0.3 is 5.69 Å². The number of rotatable bonds is 3. The van der Waals surface area contributed by atoms with Crippen LogP contribution in [0.15, 0.2) is 26.7 Å². The van der Waals surface area contributed by atoms with Crippen molar-refractivity contribution in [2.45, 2.75) is 4.90 Å². The number of nitrogens with two attached hydrogens (primary N) is 1. The lowest BCUT2D eigenvalue weighted by Crippen LogP contribution is -2.37. The Kier molecular flexibility index (Phi) is 3.43. The standard InChI is InChI=1S/C11H12N4O3S/c1-14-9-8(10(17)15(2)11(14)18)6(3-4-13-9)19-5-7(12)16/h3-4H,5H2,1-2H3,(H2,12,16). The summed E-state index contributed by atoms with van der Waals surface area (Å²) in [7, 11) is 2.94. The number of aryl methyl sites for hydroxylation is 1. The topological polar surface area (TPSA) is 100.0 Å². The Bertz CT molecular complexity index is 778. The molecule has 2 N–H and O–H groups in total. The van der Waals surface area contributed by atoms with Crippen molar-refractivity contribution in [1.82, 2.24) is 14.1 Å². The van der Waals surface area contributed by atoms with Gasteiger partial charge in [0.05, 0.1) is 11.1 Å². The first-order valence-electron chi connectivity index (χ1n) is 5.39. The molecule has 0 aliphatic rings. The van der Waals surface area contributed by atoms with E-state index < -0.39 is 17.2 Å². The van der Waals surface area contributed by atoms with Crippen LogP contribution < -0.4 is 17.0 Å². The zero-order valence-corrected chi connectivity index (χ0v) is 11.2. The molecule has 2 heterocycles. The van der Waals surface area contributed by atoms with Crippen molar-refractivity contribution >= 4 is 28.7 Å². The summed E-state index contributed by atoms with van der Waals surface area (Å²) in [6.07, 6.45) is 1.49. The lowest BCUT2D eigenvalue weighted by Gasteiger charge is -2.09. The zero-order chi connectivity index (χ0) is 14.2. The first kappa shape index (κ1) is 13.3. The molecule has 0 atom stereocenters. The predicted octanol–water partition coefficient (Wildman–Crippen LogP) is -0.790. The fourth-order valence-corrected chi connectivity index (χ4v) is 2.51. The zero-order valence-electron chi connectivity index (χ0n) is 10.4. The quantitative estimate of drug-likeness (QED) is 0.743. The fourth-order valence-electron chi connectivity index (χ4n) is 1.73. The van der Waals surface area contributed by atoms with Gasteiger partial charge in [0.2, 0.25) is 5.91 Å². The van der Waals surface area contributed by atoms with Crippen LogP contribution in [0.1, 0.15) is 0 Å². The summed E-state index contributed by atoms with van der Waals surface area (Å²) in [5, 5.41) is 0.318. The van der Waals surface area contributed by atoms with Crippen LogP contribution in [0.3, 0.4) is 0 Å². The van der Waals surface area contributed by atoms with Crippen LogP contribution in [0.2, 0.25) is 0 Å². The monoisotopic (exact) mass is 280 g/mol. The van der Waals surface area contributed by atoms with Crippen LogP contribution >= 0.6 is 11.8 Å². The van der Waals surface area contributed by atoms with Crippen LogP contribution in [0.4, 0.5) is 0 Å². The molecule has 0 aliphatic carbocycles. The van der Waals surface area contributed by atoms with Gasteiger partial charge in [-0.3, -0.25) is 18.7 Å². The van der Waals surface area contributed by atoms with Gasteiger partial charge in [-0.2, -0.15) is 0 Å². The highest BCUT2D eigenvalue weighted by Gasteiger charge is 2.13. The fraction of sp³-hybridized carbons (Fsp3) is 0.273. The SMILES string of the molecule is Cn1c(=O)c2c(SCC(N)=O)ccnc2n(C)c1=O. The van der Waals surface area contributed by atoms with Gasteiger partial charge in [0.25, 0.3) is 5.56 Å². The molecule has 100 valence electrons. The molecular weight excluding hydrogens is 268 g/mol. The molecule has 0 unspecified atom stereocenters. The van der Waals surface area contributed by atoms with Gasteiger partial charge in [0.1, 0.15) is 5.65 Å². The number of amides is 1. The average molecular weight is 280 g/mol. The van der Waals surface area contributed by atoms with Gasteiger partial charge in [0.15, 0.2) is 0 Å². The van der Waals surface area contributed by atoms with E-state index in [-0.39, 0.29) is 5.75 Å². The van der Waals surface area contributed by atoms with E-state index in [9.17, 15) is 14.4 Å². The second kappa shape index (κ2) is 4.88. The molecule has 7 nitrogen and oxygen atoms in total. The number of primary amides is 1. The normalized spacial score (nSPS) is 10.8. The van der Waals surface area contributed by atoms with Gasteiger partial charge in [-0.25, -0.2) is 9.78 Å². The van der Waals surface area contributed by atoms with Gasteiger partial charge in [-0.05, 0) is 6.07 Å². The third kappa shape index (κ3) is 2.26. The number of fused-ring (bicyclic) bond motifs is 1. The van der Waals surface area contributed by atoms with E-state index in [0.717, 1.165) is 16.3 Å². The largest absolute Gasteiger partial charge is 0.369 e. The van der Waals surface area contributed by atoms with Gasteiger partial charge in [-0.15, -0.1) is 11.8 Å². The first-order chi connectivity index (χ1) is 8.93. The molecular formula is C11H12N4O3S. The Morgan fingerprint density at radius 1 is 1.37 bits per heavy atom. The van der Waals surface area contributed by atoms with Crippen molar-refractivity contribution in [1.29, 1.82) is 0 Å². The molecule has 0 aliphatic heterocycles. The van der Waals surface area contributed by atoms with E-state index in [4.69, 9.17) is 5.73 Å². The van der Waals surface area contributed by atoms with Crippen LogP contribution in [0, 0.1) is 0 Å². The average Bonchev–Trinajstić information content (AvgIpc) is 2.39. The van der Waals surface area contributed by atoms with Gasteiger partial charge in [0, 0.05) is 25.2 Å². The molecule has 0 fully saturated rings. The Morgan fingerprint density at radius 3 is 2.68 bits per heavy atom. The molecule has 0 saturated heterocycles. The predicted molar refractivity (Wildman–Crippen MR) is 72.1 cm³/mol. The van der Waals surface area contributed by atoms with Crippen molar-refractivity contribution < 1.29 is 4.79 Å². The molecule has 2 aromatic heterocycles. The Labute approximate surface area is 112 Å². The number of aromatic nitrogens is 3. The first-order valence-corrected chi connectivity index (χ1v) is 6.38. The van der Waals surface area contributed by atoms with Crippen molar-refractivity contribution in [3.8, 4) is 0 Å². The Balaban J connectivity index is 2.78. The number of thioether (sulfide) groups is 1. The lowest BCUT2D eigenvalue weighted by atomic mass is 10.3. The molecule has 0 spiro atoms. The van der Waals surface area contributed by atoms with Crippen LogP contribution in [0.25, 0.3) is 11.0 Å². The van der Waals surface area contributed by atoms with Crippen molar-refractivity contribution in [2.75, 3.05) is 5.75 Å². The smallest absolute Gasteiger partial charge is 0.332 e. The van der Waals surface area contributed by atoms with Gasteiger partial charge < -0.3 is 5.73 Å². The summed E-state index contributed by atoms with van der Waals surface area (Å²) in [6, 6.07) is 1.63. The Hall–Kier alpha value is -2.09. The number of hydrogen-bond donors (Lipinski definition) is 1. The van der Waals surface area contributed by atoms with E-state index >= 15 is 0 Å². The van der Waals surface area contributed by atoms with Crippen LogP contribution in [-0.2, 0) is 18.9 Å². The number of hydrogen-bond acceptors (Lipinski definition) is 5. The third-order valence-corrected chi connectivity index (χ3v) is 3.75. The van der Waals surface area contributed by atoms with E-state index in [1.165, 1.54) is 17.8 Å². The maximum absolute atomic E-state index is 12.1. The van der Waals surface area contributed by atoms with Crippen molar-refractivity contribution in [3.05, 3.63) is 33.1 Å². The lowest BCUT2D eigenvalue weighted by molar-refractivity contribution is -0.115. The Morgan fingerprint density at radius 2 is 2.05 bits per heavy atom.